The van der Waals surface area contributed by atoms with E-state index in [4.69, 9.17) is 22.6 Å². The van der Waals surface area contributed by atoms with E-state index in [1.165, 1.54) is 24.4 Å². The van der Waals surface area contributed by atoms with Crippen molar-refractivity contribution < 1.29 is 4.39 Å². The first kappa shape index (κ1) is 12.1. The normalized spacial score (nSPS) is 9.83. The lowest BCUT2D eigenvalue weighted by atomic mass is 10.2. The number of aromatic nitrogens is 1. The molecule has 0 amide bonds. The first-order valence-corrected chi connectivity index (χ1v) is 5.36. The van der Waals surface area contributed by atoms with Crippen LogP contribution in [0.25, 0.3) is 0 Å². The maximum Gasteiger partial charge on any atom is 0.149 e. The highest BCUT2D eigenvalue weighted by molar-refractivity contribution is 6.33. The van der Waals surface area contributed by atoms with Crippen molar-refractivity contribution in [1.82, 2.24) is 4.98 Å². The lowest BCUT2D eigenvalue weighted by molar-refractivity contribution is 0.624. The summed E-state index contributed by atoms with van der Waals surface area (Å²) in [4.78, 5) is 3.98. The van der Waals surface area contributed by atoms with Gasteiger partial charge in [0.05, 0.1) is 22.6 Å². The molecule has 3 N–H and O–H groups in total. The second kappa shape index (κ2) is 4.90. The van der Waals surface area contributed by atoms with Crippen LogP contribution >= 0.6 is 11.6 Å². The predicted octanol–water partition coefficient (Wildman–Crippen LogP) is 3.07. The smallest absolute Gasteiger partial charge is 0.149 e. The van der Waals surface area contributed by atoms with E-state index >= 15 is 0 Å². The highest BCUT2D eigenvalue weighted by atomic mass is 35.5. The van der Waals surface area contributed by atoms with Gasteiger partial charge in [-0.15, -0.1) is 0 Å². The van der Waals surface area contributed by atoms with Crippen LogP contribution in [-0.2, 0) is 0 Å². The molecule has 0 atom stereocenters. The van der Waals surface area contributed by atoms with E-state index in [2.05, 4.69) is 10.3 Å². The van der Waals surface area contributed by atoms with E-state index in [0.717, 1.165) is 0 Å². The first-order valence-electron chi connectivity index (χ1n) is 4.98. The molecule has 0 radical (unpaired) electrons. The largest absolute Gasteiger partial charge is 0.397 e. The highest BCUT2D eigenvalue weighted by Crippen LogP contribution is 2.27. The number of anilines is 3. The van der Waals surface area contributed by atoms with E-state index in [9.17, 15) is 4.39 Å². The average molecular weight is 263 g/mol. The number of nitrogen functional groups attached to an aromatic ring is 1. The molecule has 2 rings (SSSR count). The van der Waals surface area contributed by atoms with Gasteiger partial charge in [-0.25, -0.2) is 9.37 Å². The Bertz CT molecular complexity index is 636. The number of hydrogen-bond acceptors (Lipinski definition) is 4. The summed E-state index contributed by atoms with van der Waals surface area (Å²) in [5.74, 6) is -0.290. The molecule has 0 unspecified atom stereocenters. The van der Waals surface area contributed by atoms with E-state index in [0.29, 0.717) is 22.2 Å². The number of nitrogens with zero attached hydrogens (tertiary/aromatic N) is 2. The molecule has 2 aromatic rings. The Morgan fingerprint density at radius 1 is 1.44 bits per heavy atom. The van der Waals surface area contributed by atoms with Gasteiger partial charge >= 0.3 is 0 Å². The van der Waals surface area contributed by atoms with Crippen molar-refractivity contribution in [3.8, 4) is 6.07 Å². The molecule has 0 aliphatic heterocycles. The summed E-state index contributed by atoms with van der Waals surface area (Å²) < 4.78 is 13.4. The van der Waals surface area contributed by atoms with Crippen LogP contribution in [0.1, 0.15) is 5.56 Å². The van der Waals surface area contributed by atoms with Crippen LogP contribution in [0.15, 0.2) is 30.5 Å². The minimum absolute atomic E-state index is 0.0906. The summed E-state index contributed by atoms with van der Waals surface area (Å²) in [6.07, 6.45) is 1.42. The van der Waals surface area contributed by atoms with Gasteiger partial charge in [0.1, 0.15) is 23.3 Å². The number of hydrogen-bond donors (Lipinski definition) is 2. The Morgan fingerprint density at radius 3 is 2.89 bits per heavy atom. The fourth-order valence-electron chi connectivity index (χ4n) is 1.41. The van der Waals surface area contributed by atoms with Crippen LogP contribution in [0.5, 0.6) is 0 Å². The minimum atomic E-state index is -0.603. The second-order valence-corrected chi connectivity index (χ2v) is 3.91. The van der Waals surface area contributed by atoms with Gasteiger partial charge < -0.3 is 11.1 Å². The minimum Gasteiger partial charge on any atom is -0.397 e. The monoisotopic (exact) mass is 262 g/mol. The fraction of sp³-hybridized carbons (Fsp3) is 0. The molecule has 0 saturated heterocycles. The molecule has 1 aromatic heterocycles. The number of nitrogens with one attached hydrogen (secondary N) is 1. The van der Waals surface area contributed by atoms with Gasteiger partial charge in [-0.05, 0) is 18.2 Å². The number of benzene rings is 1. The average Bonchev–Trinajstić information content (AvgIpc) is 2.33. The Balaban J connectivity index is 2.41. The molecule has 0 fully saturated rings. The van der Waals surface area contributed by atoms with Crippen LogP contribution < -0.4 is 11.1 Å². The topological polar surface area (TPSA) is 74.7 Å². The van der Waals surface area contributed by atoms with E-state index in [1.54, 1.807) is 12.1 Å². The maximum atomic E-state index is 13.4. The molecular formula is C12H8ClFN4. The lowest BCUT2D eigenvalue weighted by Crippen LogP contribution is -1.99. The summed E-state index contributed by atoms with van der Waals surface area (Å²) in [5, 5.41) is 12.0. The zero-order valence-electron chi connectivity index (χ0n) is 9.11. The van der Waals surface area contributed by atoms with Crippen molar-refractivity contribution in [3.05, 3.63) is 46.9 Å². The number of halogens is 2. The summed E-state index contributed by atoms with van der Waals surface area (Å²) in [6.45, 7) is 0. The molecule has 6 heteroatoms. The van der Waals surface area contributed by atoms with Crippen LogP contribution in [-0.4, -0.2) is 4.98 Å². The van der Waals surface area contributed by atoms with Crippen molar-refractivity contribution in [3.63, 3.8) is 0 Å². The molecular weight excluding hydrogens is 255 g/mol. The van der Waals surface area contributed by atoms with E-state index in [1.807, 2.05) is 0 Å². The van der Waals surface area contributed by atoms with Gasteiger partial charge in [-0.2, -0.15) is 5.26 Å². The predicted molar refractivity (Wildman–Crippen MR) is 68.1 cm³/mol. The third-order valence-electron chi connectivity index (χ3n) is 2.24. The van der Waals surface area contributed by atoms with Gasteiger partial charge in [0, 0.05) is 0 Å². The first-order chi connectivity index (χ1) is 8.61. The number of pyridine rings is 1. The number of nitrogens with two attached hydrogens (primary N) is 1. The quantitative estimate of drug-likeness (QED) is 0.872. The summed E-state index contributed by atoms with van der Waals surface area (Å²) in [6, 6.07) is 7.56. The fourth-order valence-corrected chi connectivity index (χ4v) is 1.64. The van der Waals surface area contributed by atoms with Gasteiger partial charge in [0.2, 0.25) is 0 Å². The zero-order valence-corrected chi connectivity index (χ0v) is 9.87. The summed E-state index contributed by atoms with van der Waals surface area (Å²) in [7, 11) is 0. The molecule has 4 nitrogen and oxygen atoms in total. The number of nitriles is 1. The molecule has 18 heavy (non-hydrogen) atoms. The van der Waals surface area contributed by atoms with Crippen molar-refractivity contribution in [2.24, 2.45) is 0 Å². The lowest BCUT2D eigenvalue weighted by Gasteiger charge is -2.09. The Kier molecular flexibility index (Phi) is 3.31. The molecule has 0 aliphatic carbocycles. The van der Waals surface area contributed by atoms with Gasteiger partial charge in [0.25, 0.3) is 0 Å². The number of rotatable bonds is 2. The van der Waals surface area contributed by atoms with Gasteiger partial charge in [-0.1, -0.05) is 17.7 Å². The van der Waals surface area contributed by atoms with Crippen LogP contribution in [0.3, 0.4) is 0 Å². The van der Waals surface area contributed by atoms with Crippen molar-refractivity contribution in [1.29, 1.82) is 5.26 Å². The Labute approximate surface area is 108 Å². The Hall–Kier alpha value is -2.32. The van der Waals surface area contributed by atoms with Crippen LogP contribution in [0.2, 0.25) is 5.02 Å². The van der Waals surface area contributed by atoms with Crippen LogP contribution in [0.4, 0.5) is 21.6 Å². The SMILES string of the molecule is N#Cc1c(F)cccc1Nc1ncc(N)cc1Cl. The molecule has 0 saturated carbocycles. The third kappa shape index (κ3) is 2.34. The highest BCUT2D eigenvalue weighted by Gasteiger charge is 2.10. The molecule has 1 heterocycles. The summed E-state index contributed by atoms with van der Waals surface area (Å²) in [5.41, 5.74) is 6.15. The van der Waals surface area contributed by atoms with Crippen molar-refractivity contribution in [2.45, 2.75) is 0 Å². The van der Waals surface area contributed by atoms with E-state index < -0.39 is 5.82 Å². The third-order valence-corrected chi connectivity index (χ3v) is 2.53. The van der Waals surface area contributed by atoms with Crippen molar-refractivity contribution in [2.75, 3.05) is 11.1 Å². The van der Waals surface area contributed by atoms with Crippen LogP contribution in [0, 0.1) is 17.1 Å². The van der Waals surface area contributed by atoms with Gasteiger partial charge in [0.15, 0.2) is 0 Å². The molecule has 0 bridgehead atoms. The molecule has 0 aliphatic rings. The standard InChI is InChI=1S/C12H8ClFN4/c13-9-4-7(16)6-17-12(9)18-11-3-1-2-10(14)8(11)5-15/h1-4,6H,16H2,(H,17,18). The Morgan fingerprint density at radius 2 is 2.22 bits per heavy atom. The second-order valence-electron chi connectivity index (χ2n) is 3.50. The molecule has 0 spiro atoms. The van der Waals surface area contributed by atoms with E-state index in [-0.39, 0.29) is 5.56 Å². The molecule has 1 aromatic carbocycles. The van der Waals surface area contributed by atoms with Crippen molar-refractivity contribution >= 4 is 28.8 Å². The van der Waals surface area contributed by atoms with Gasteiger partial charge in [-0.3, -0.25) is 0 Å². The zero-order chi connectivity index (χ0) is 13.1. The molecule has 90 valence electrons. The maximum absolute atomic E-state index is 13.4. The summed E-state index contributed by atoms with van der Waals surface area (Å²) >= 11 is 5.93.